The van der Waals surface area contributed by atoms with Gasteiger partial charge in [-0.2, -0.15) is 0 Å². The van der Waals surface area contributed by atoms with Crippen molar-refractivity contribution in [3.05, 3.63) is 59.7 Å². The molecule has 0 aliphatic rings. The predicted octanol–water partition coefficient (Wildman–Crippen LogP) is 1.98. The molecule has 2 rings (SSSR count). The van der Waals surface area contributed by atoms with E-state index in [1.807, 2.05) is 19.1 Å². The van der Waals surface area contributed by atoms with Gasteiger partial charge in [-0.3, -0.25) is 4.79 Å². The van der Waals surface area contributed by atoms with Crippen LogP contribution in [0.1, 0.15) is 15.9 Å². The Bertz CT molecular complexity index is 623. The molecule has 0 fully saturated rings. The van der Waals surface area contributed by atoms with Gasteiger partial charge in [-0.05, 0) is 31.2 Å². The summed E-state index contributed by atoms with van der Waals surface area (Å²) in [5.41, 5.74) is 2.09. The highest BCUT2D eigenvalue weighted by Gasteiger charge is 2.12. The van der Waals surface area contributed by atoms with Crippen LogP contribution in [-0.2, 0) is 4.57 Å². The van der Waals surface area contributed by atoms with E-state index in [1.165, 1.54) is 12.1 Å². The first-order chi connectivity index (χ1) is 9.06. The highest BCUT2D eigenvalue weighted by molar-refractivity contribution is 7.45. The number of benzene rings is 2. The summed E-state index contributed by atoms with van der Waals surface area (Å²) in [4.78, 5) is 22.8. The molecule has 0 aliphatic carbocycles. The summed E-state index contributed by atoms with van der Waals surface area (Å²) >= 11 is 0. The van der Waals surface area contributed by atoms with E-state index in [0.717, 1.165) is 5.56 Å². The average molecular weight is 273 g/mol. The van der Waals surface area contributed by atoms with Crippen molar-refractivity contribution in [3.63, 3.8) is 0 Å². The molecule has 19 heavy (non-hydrogen) atoms. The summed E-state index contributed by atoms with van der Waals surface area (Å²) < 4.78 is 10.9. The van der Waals surface area contributed by atoms with Gasteiger partial charge in [-0.25, -0.2) is 0 Å². The van der Waals surface area contributed by atoms with Gasteiger partial charge < -0.3 is 10.2 Å². The molecule has 1 atom stereocenters. The normalized spacial score (nSPS) is 10.9. The maximum atomic E-state index is 12.0. The zero-order valence-corrected chi connectivity index (χ0v) is 11.2. The highest BCUT2D eigenvalue weighted by Crippen LogP contribution is 2.13. The van der Waals surface area contributed by atoms with E-state index in [2.05, 4.69) is 5.32 Å². The van der Waals surface area contributed by atoms with Crippen LogP contribution in [0.5, 0.6) is 0 Å². The Morgan fingerprint density at radius 1 is 1.16 bits per heavy atom. The molecule has 0 radical (unpaired) electrons. The Morgan fingerprint density at radius 3 is 2.47 bits per heavy atom. The van der Waals surface area contributed by atoms with Crippen LogP contribution in [0.2, 0.25) is 0 Å². The summed E-state index contributed by atoms with van der Waals surface area (Å²) in [6, 6.07) is 13.3. The fourth-order valence-electron chi connectivity index (χ4n) is 1.60. The lowest BCUT2D eigenvalue weighted by molar-refractivity contribution is -0.160. The van der Waals surface area contributed by atoms with Crippen molar-refractivity contribution in [2.75, 3.05) is 5.32 Å². The molecule has 4 nitrogen and oxygen atoms in total. The summed E-state index contributed by atoms with van der Waals surface area (Å²) in [6.07, 6.45) is 0. The van der Waals surface area contributed by atoms with Crippen LogP contribution in [-0.4, -0.2) is 5.91 Å². The maximum absolute atomic E-state index is 12.0. The van der Waals surface area contributed by atoms with Crippen molar-refractivity contribution < 1.29 is 14.3 Å². The first kappa shape index (κ1) is 13.4. The van der Waals surface area contributed by atoms with Crippen molar-refractivity contribution in [3.8, 4) is 0 Å². The van der Waals surface area contributed by atoms with E-state index < -0.39 is 8.03 Å². The van der Waals surface area contributed by atoms with Crippen LogP contribution in [0.3, 0.4) is 0 Å². The molecule has 0 bridgehead atoms. The number of hydrogen-bond donors (Lipinski definition) is 1. The summed E-state index contributed by atoms with van der Waals surface area (Å²) in [5.74, 6) is -0.331. The van der Waals surface area contributed by atoms with Crippen LogP contribution in [0, 0.1) is 6.92 Å². The molecular formula is C14H12NO3P. The summed E-state index contributed by atoms with van der Waals surface area (Å²) in [6.45, 7) is 1.96. The molecule has 1 amide bonds. The van der Waals surface area contributed by atoms with E-state index in [-0.39, 0.29) is 11.2 Å². The molecule has 2 aromatic rings. The Labute approximate surface area is 112 Å². The molecule has 0 heterocycles. The molecule has 0 saturated carbocycles. The minimum absolute atomic E-state index is 0.131. The second-order valence-corrected chi connectivity index (χ2v) is 5.16. The zero-order chi connectivity index (χ0) is 13.8. The van der Waals surface area contributed by atoms with E-state index in [1.54, 1.807) is 24.3 Å². The third-order valence-electron chi connectivity index (χ3n) is 2.63. The average Bonchev–Trinajstić information content (AvgIpc) is 2.41. The number of carbonyl (C=O) groups is 1. The number of anilines is 1. The molecular weight excluding hydrogens is 261 g/mol. The molecule has 1 N–H and O–H groups in total. The minimum atomic E-state index is -2.68. The lowest BCUT2D eigenvalue weighted by atomic mass is 10.2. The van der Waals surface area contributed by atoms with Gasteiger partial charge in [0, 0.05) is 17.3 Å². The van der Waals surface area contributed by atoms with Gasteiger partial charge in [0.25, 0.3) is 5.91 Å². The minimum Gasteiger partial charge on any atom is -0.591 e. The van der Waals surface area contributed by atoms with Gasteiger partial charge in [0.1, 0.15) is 0 Å². The molecule has 0 saturated heterocycles. The topological polar surface area (TPSA) is 69.2 Å². The first-order valence-corrected chi connectivity index (χ1v) is 6.86. The number of carbonyl (C=O) groups excluding carboxylic acids is 1. The third-order valence-corrected chi connectivity index (χ3v) is 3.33. The van der Waals surface area contributed by atoms with Gasteiger partial charge >= 0.3 is 8.03 Å². The molecule has 0 aromatic heterocycles. The van der Waals surface area contributed by atoms with Crippen LogP contribution in [0.25, 0.3) is 0 Å². The second kappa shape index (κ2) is 5.74. The second-order valence-electron chi connectivity index (χ2n) is 4.13. The van der Waals surface area contributed by atoms with Crippen molar-refractivity contribution in [2.45, 2.75) is 6.92 Å². The standard InChI is InChI=1S/C14H12NO3P/c1-10-5-7-12(8-6-10)15-14(16)11-3-2-4-13(9-11)19(17)18/h2-9H,1H3,(H,15,16). The first-order valence-electron chi connectivity index (χ1n) is 5.69. The van der Waals surface area contributed by atoms with Crippen molar-refractivity contribution in [1.29, 1.82) is 0 Å². The molecule has 1 unspecified atom stereocenters. The van der Waals surface area contributed by atoms with Gasteiger partial charge in [-0.1, -0.05) is 28.3 Å². The maximum Gasteiger partial charge on any atom is 0.348 e. The fraction of sp³-hybridized carbons (Fsp3) is 0.0714. The SMILES string of the molecule is Cc1ccc(NC(=O)c2cccc([P+](=O)[O-])c2)cc1. The zero-order valence-electron chi connectivity index (χ0n) is 10.3. The molecule has 0 spiro atoms. The molecule has 0 aliphatic heterocycles. The predicted molar refractivity (Wildman–Crippen MR) is 72.8 cm³/mol. The van der Waals surface area contributed by atoms with Crippen LogP contribution in [0.15, 0.2) is 48.5 Å². The smallest absolute Gasteiger partial charge is 0.348 e. The van der Waals surface area contributed by atoms with Gasteiger partial charge in [0.2, 0.25) is 0 Å². The van der Waals surface area contributed by atoms with E-state index in [4.69, 9.17) is 0 Å². The fourth-order valence-corrected chi connectivity index (χ4v) is 2.05. The van der Waals surface area contributed by atoms with E-state index >= 15 is 0 Å². The van der Waals surface area contributed by atoms with Crippen molar-refractivity contribution in [1.82, 2.24) is 0 Å². The largest absolute Gasteiger partial charge is 0.591 e. The number of aryl methyl sites for hydroxylation is 1. The molecule has 5 heteroatoms. The van der Waals surface area contributed by atoms with Crippen molar-refractivity contribution in [2.24, 2.45) is 0 Å². The lowest BCUT2D eigenvalue weighted by Gasteiger charge is -2.05. The Morgan fingerprint density at radius 2 is 1.84 bits per heavy atom. The quantitative estimate of drug-likeness (QED) is 0.869. The lowest BCUT2D eigenvalue weighted by Crippen LogP contribution is -2.14. The number of amides is 1. The van der Waals surface area contributed by atoms with E-state index in [9.17, 15) is 14.3 Å². The monoisotopic (exact) mass is 273 g/mol. The van der Waals surface area contributed by atoms with Gasteiger partial charge in [0.05, 0.1) is 0 Å². The summed E-state index contributed by atoms with van der Waals surface area (Å²) in [7, 11) is -2.68. The van der Waals surface area contributed by atoms with Gasteiger partial charge in [0.15, 0.2) is 5.30 Å². The van der Waals surface area contributed by atoms with E-state index in [0.29, 0.717) is 11.3 Å². The van der Waals surface area contributed by atoms with Crippen LogP contribution in [0.4, 0.5) is 5.69 Å². The van der Waals surface area contributed by atoms with Gasteiger partial charge in [-0.15, -0.1) is 0 Å². The van der Waals surface area contributed by atoms with Crippen LogP contribution >= 0.6 is 8.03 Å². The summed E-state index contributed by atoms with van der Waals surface area (Å²) in [5, 5.41) is 2.85. The number of rotatable bonds is 3. The number of hydrogen-bond acceptors (Lipinski definition) is 3. The van der Waals surface area contributed by atoms with Crippen LogP contribution < -0.4 is 15.5 Å². The molecule has 96 valence electrons. The molecule has 2 aromatic carbocycles. The number of nitrogens with one attached hydrogen (secondary N) is 1. The van der Waals surface area contributed by atoms with Crippen molar-refractivity contribution >= 4 is 24.9 Å². The Balaban J connectivity index is 2.18. The Hall–Kier alpha value is -2.03. The Kier molecular flexibility index (Phi) is 4.05. The third kappa shape index (κ3) is 3.47. The highest BCUT2D eigenvalue weighted by atomic mass is 31.1.